The van der Waals surface area contributed by atoms with Crippen LogP contribution >= 0.6 is 0 Å². The van der Waals surface area contributed by atoms with Gasteiger partial charge in [0, 0.05) is 17.8 Å². The zero-order valence-electron chi connectivity index (χ0n) is 34.3. The van der Waals surface area contributed by atoms with E-state index in [1.807, 2.05) is 79.7 Å². The maximum absolute atomic E-state index is 12.7. The van der Waals surface area contributed by atoms with E-state index in [2.05, 4.69) is 31.2 Å². The van der Waals surface area contributed by atoms with Gasteiger partial charge in [0.1, 0.15) is 23.0 Å². The highest BCUT2D eigenvalue weighted by Gasteiger charge is 2.13. The molecule has 0 aliphatic carbocycles. The number of methoxy groups -OCH3 is 2. The first-order chi connectivity index (χ1) is 29.0. The fourth-order valence-electron chi connectivity index (χ4n) is 6.46. The molecule has 0 aromatic heterocycles. The Morgan fingerprint density at radius 1 is 0.467 bits per heavy atom. The highest BCUT2D eigenvalue weighted by atomic mass is 19.3. The maximum Gasteiger partial charge on any atom is 0.266 e. The van der Waals surface area contributed by atoms with Crippen LogP contribution in [0, 0.1) is 13.8 Å². The lowest BCUT2D eigenvalue weighted by atomic mass is 9.91. The second-order valence-corrected chi connectivity index (χ2v) is 14.3. The van der Waals surface area contributed by atoms with Gasteiger partial charge < -0.3 is 19.7 Å². The Hall–Kier alpha value is -6.54. The molecule has 0 saturated heterocycles. The van der Waals surface area contributed by atoms with E-state index >= 15 is 0 Å². The summed E-state index contributed by atoms with van der Waals surface area (Å²) in [6.07, 6.45) is 5.58. The monoisotopic (exact) mass is 816 g/mol. The minimum Gasteiger partial charge on any atom is -0.508 e. The summed E-state index contributed by atoms with van der Waals surface area (Å²) in [7, 11) is 3.22. The molecule has 2 N–H and O–H groups in total. The highest BCUT2D eigenvalue weighted by molar-refractivity contribution is 5.36. The fourth-order valence-corrected chi connectivity index (χ4v) is 6.46. The average molecular weight is 817 g/mol. The fraction of sp³-hybridized carbons (Fsp3) is 0.192. The molecule has 0 spiro atoms. The van der Waals surface area contributed by atoms with Crippen LogP contribution in [-0.4, -0.2) is 24.4 Å². The van der Waals surface area contributed by atoms with Crippen LogP contribution in [0.4, 0.5) is 17.6 Å². The molecule has 3 atom stereocenters. The molecule has 6 rings (SSSR count). The minimum absolute atomic E-state index is 0.0358. The third kappa shape index (κ3) is 15.7. The van der Waals surface area contributed by atoms with Crippen LogP contribution in [0.2, 0.25) is 0 Å². The predicted octanol–water partition coefficient (Wildman–Crippen LogP) is 13.8. The molecule has 60 heavy (non-hydrogen) atoms. The Morgan fingerprint density at radius 3 is 1.10 bits per heavy atom. The number of hydrogen-bond donors (Lipinski definition) is 2. The molecule has 6 aromatic rings. The van der Waals surface area contributed by atoms with Crippen molar-refractivity contribution in [1.82, 2.24) is 0 Å². The lowest BCUT2D eigenvalue weighted by Crippen LogP contribution is -2.01. The number of hydrogen-bond acceptors (Lipinski definition) is 4. The van der Waals surface area contributed by atoms with Crippen molar-refractivity contribution in [3.05, 3.63) is 227 Å². The van der Waals surface area contributed by atoms with E-state index in [0.717, 1.165) is 57.4 Å². The number of benzene rings is 6. The van der Waals surface area contributed by atoms with Crippen molar-refractivity contribution in [2.75, 3.05) is 14.2 Å². The van der Waals surface area contributed by atoms with E-state index in [1.54, 1.807) is 68.8 Å². The van der Waals surface area contributed by atoms with Gasteiger partial charge in [-0.3, -0.25) is 0 Å². The molecule has 8 heteroatoms. The molecule has 0 heterocycles. The standard InChI is InChI=1S/C18H18F2O.C18H19FO.C16H15FO2/c1-13-3-5-14(6-4-13)11-16(12-18(19)20)15-7-9-17(21-2)10-8-15;1-14-3-5-15(6-4-14)13-17(11-12-19)16-7-9-18(20-2)10-8-16;17-10-9-14(13-3-7-16(19)8-4-13)11-12-1-5-15(18)6-2-12/h3-10,12,16H,11H2,1-2H3;3-12,17H,13H2,1-2H3;1-10,14,18-19H,11H2. The number of phenols is 2. The smallest absolute Gasteiger partial charge is 0.266 e. The Bertz CT molecular complexity index is 2210. The first-order valence-electron chi connectivity index (χ1n) is 19.5. The van der Waals surface area contributed by atoms with Crippen molar-refractivity contribution in [3.8, 4) is 23.0 Å². The maximum atomic E-state index is 12.7. The molecule has 6 aromatic carbocycles. The SMILES string of the molecule is COc1ccc(C(C=C(F)F)Cc2ccc(C)cc2)cc1.COc1ccc(C(C=CF)Cc2ccc(C)cc2)cc1.Oc1ccc(CC(C=CF)c2ccc(O)cc2)cc1. The van der Waals surface area contributed by atoms with Gasteiger partial charge in [-0.1, -0.05) is 108 Å². The van der Waals surface area contributed by atoms with Gasteiger partial charge in [-0.2, -0.15) is 8.78 Å². The summed E-state index contributed by atoms with van der Waals surface area (Å²) in [6, 6.07) is 44.9. The topological polar surface area (TPSA) is 58.9 Å². The molecule has 0 aliphatic rings. The molecule has 0 amide bonds. The summed E-state index contributed by atoms with van der Waals surface area (Å²) < 4.78 is 60.8. The van der Waals surface area contributed by atoms with Crippen LogP contribution in [0.15, 0.2) is 183 Å². The van der Waals surface area contributed by atoms with Gasteiger partial charge in [0.25, 0.3) is 6.08 Å². The predicted molar refractivity (Wildman–Crippen MR) is 235 cm³/mol. The van der Waals surface area contributed by atoms with Crippen molar-refractivity contribution in [3.63, 3.8) is 0 Å². The number of halogens is 4. The Labute approximate surface area is 351 Å². The van der Waals surface area contributed by atoms with Crippen molar-refractivity contribution < 1.29 is 37.2 Å². The van der Waals surface area contributed by atoms with Crippen molar-refractivity contribution in [2.45, 2.75) is 50.9 Å². The van der Waals surface area contributed by atoms with Gasteiger partial charge >= 0.3 is 0 Å². The largest absolute Gasteiger partial charge is 0.508 e. The molecule has 0 aliphatic heterocycles. The number of rotatable bonds is 14. The average Bonchev–Trinajstić information content (AvgIpc) is 3.26. The number of aromatic hydroxyl groups is 2. The third-order valence-corrected chi connectivity index (χ3v) is 9.89. The molecule has 0 radical (unpaired) electrons. The molecule has 0 saturated carbocycles. The van der Waals surface area contributed by atoms with Gasteiger partial charge in [-0.15, -0.1) is 0 Å². The first kappa shape index (κ1) is 46.2. The van der Waals surface area contributed by atoms with Gasteiger partial charge in [0.05, 0.1) is 26.9 Å². The number of aryl methyl sites for hydroxylation is 2. The summed E-state index contributed by atoms with van der Waals surface area (Å²) in [6.45, 7) is 4.07. The summed E-state index contributed by atoms with van der Waals surface area (Å²) in [5.41, 5.74) is 8.51. The number of allylic oxidation sites excluding steroid dienone is 3. The lowest BCUT2D eigenvalue weighted by Gasteiger charge is -2.14. The Kier molecular flexibility index (Phi) is 18.8. The van der Waals surface area contributed by atoms with Crippen molar-refractivity contribution in [2.24, 2.45) is 0 Å². The van der Waals surface area contributed by atoms with E-state index in [9.17, 15) is 27.8 Å². The number of phenolic OH excluding ortho intramolecular Hbond substituents is 2. The van der Waals surface area contributed by atoms with Crippen LogP contribution in [0.3, 0.4) is 0 Å². The summed E-state index contributed by atoms with van der Waals surface area (Å²) in [4.78, 5) is 0. The van der Waals surface area contributed by atoms with Gasteiger partial charge in [0.15, 0.2) is 0 Å². The summed E-state index contributed by atoms with van der Waals surface area (Å²) in [5, 5.41) is 18.5. The summed E-state index contributed by atoms with van der Waals surface area (Å²) >= 11 is 0. The number of ether oxygens (including phenoxy) is 2. The molecule has 0 fully saturated rings. The summed E-state index contributed by atoms with van der Waals surface area (Å²) in [5.74, 6) is 1.53. The molecule has 312 valence electrons. The Morgan fingerprint density at radius 2 is 0.767 bits per heavy atom. The van der Waals surface area contributed by atoms with Crippen molar-refractivity contribution >= 4 is 0 Å². The molecule has 0 bridgehead atoms. The van der Waals surface area contributed by atoms with Gasteiger partial charge in [0.2, 0.25) is 0 Å². The van der Waals surface area contributed by atoms with Gasteiger partial charge in [-0.25, -0.2) is 8.78 Å². The van der Waals surface area contributed by atoms with Crippen LogP contribution in [-0.2, 0) is 19.3 Å². The zero-order valence-corrected chi connectivity index (χ0v) is 34.3. The van der Waals surface area contributed by atoms with E-state index in [4.69, 9.17) is 9.47 Å². The van der Waals surface area contributed by atoms with Crippen LogP contribution in [0.25, 0.3) is 0 Å². The van der Waals surface area contributed by atoms with Crippen LogP contribution in [0.1, 0.15) is 62.3 Å². The van der Waals surface area contributed by atoms with Crippen LogP contribution < -0.4 is 9.47 Å². The quantitative estimate of drug-likeness (QED) is 0.108. The normalized spacial score (nSPS) is 12.3. The lowest BCUT2D eigenvalue weighted by molar-refractivity contribution is 0.413. The zero-order chi connectivity index (χ0) is 43.3. The van der Waals surface area contributed by atoms with E-state index in [-0.39, 0.29) is 29.3 Å². The van der Waals surface area contributed by atoms with E-state index in [1.165, 1.54) is 17.2 Å². The van der Waals surface area contributed by atoms with Crippen LogP contribution in [0.5, 0.6) is 23.0 Å². The molecule has 3 unspecified atom stereocenters. The van der Waals surface area contributed by atoms with E-state index < -0.39 is 6.08 Å². The second-order valence-electron chi connectivity index (χ2n) is 14.3. The Balaban J connectivity index is 0.000000199. The molecular formula is C52H52F4O4. The van der Waals surface area contributed by atoms with Crippen molar-refractivity contribution in [1.29, 1.82) is 0 Å². The first-order valence-corrected chi connectivity index (χ1v) is 19.5. The minimum atomic E-state index is -1.65. The highest BCUT2D eigenvalue weighted by Crippen LogP contribution is 2.28. The molecular weight excluding hydrogens is 765 g/mol. The second kappa shape index (κ2) is 24.4. The third-order valence-electron chi connectivity index (χ3n) is 9.89. The van der Waals surface area contributed by atoms with Gasteiger partial charge in [-0.05, 0) is 133 Å². The molecule has 4 nitrogen and oxygen atoms in total. The van der Waals surface area contributed by atoms with E-state index in [0.29, 0.717) is 25.5 Å².